The van der Waals surface area contributed by atoms with Crippen LogP contribution in [0, 0.1) is 11.3 Å². The van der Waals surface area contributed by atoms with Crippen molar-refractivity contribution in [2.75, 3.05) is 5.32 Å². The first-order chi connectivity index (χ1) is 14.2. The minimum Gasteiger partial charge on any atom is -0.339 e. The summed E-state index contributed by atoms with van der Waals surface area (Å²) in [4.78, 5) is 25.1. The highest BCUT2D eigenvalue weighted by atomic mass is 16.5. The fourth-order valence-corrected chi connectivity index (χ4v) is 2.73. The number of nitrogens with one attached hydrogen (secondary N) is 1. The minimum absolute atomic E-state index is 0.305. The summed E-state index contributed by atoms with van der Waals surface area (Å²) in [6.45, 7) is 0. The molecule has 0 fully saturated rings. The van der Waals surface area contributed by atoms with Gasteiger partial charge in [-0.2, -0.15) is 10.2 Å². The molecule has 0 saturated carbocycles. The van der Waals surface area contributed by atoms with Crippen molar-refractivity contribution < 1.29 is 9.32 Å². The van der Waals surface area contributed by atoms with Gasteiger partial charge in [0.25, 0.3) is 5.91 Å². The second kappa shape index (κ2) is 8.10. The number of amides is 1. The predicted octanol–water partition coefficient (Wildman–Crippen LogP) is 3.24. The third kappa shape index (κ3) is 4.14. The molecule has 8 heteroatoms. The highest BCUT2D eigenvalue weighted by Gasteiger charge is 2.14. The Morgan fingerprint density at radius 3 is 2.86 bits per heavy atom. The molecule has 0 saturated heterocycles. The van der Waals surface area contributed by atoms with Crippen molar-refractivity contribution in [2.45, 2.75) is 6.42 Å². The third-order valence-corrected chi connectivity index (χ3v) is 4.12. The molecule has 0 radical (unpaired) electrons. The Hall–Kier alpha value is -4.38. The van der Waals surface area contributed by atoms with Crippen LogP contribution in [0.2, 0.25) is 0 Å². The van der Waals surface area contributed by atoms with E-state index in [1.54, 1.807) is 48.9 Å². The average Bonchev–Trinajstić information content (AvgIpc) is 3.24. The number of nitriles is 1. The summed E-state index contributed by atoms with van der Waals surface area (Å²) in [6, 6.07) is 15.9. The molecule has 4 rings (SSSR count). The van der Waals surface area contributed by atoms with Gasteiger partial charge in [-0.05, 0) is 29.8 Å². The lowest BCUT2D eigenvalue weighted by atomic mass is 10.1. The maximum Gasteiger partial charge on any atom is 0.255 e. The molecule has 0 aliphatic heterocycles. The minimum atomic E-state index is -0.305. The zero-order valence-electron chi connectivity index (χ0n) is 15.1. The molecule has 4 aromatic rings. The van der Waals surface area contributed by atoms with Crippen molar-refractivity contribution in [1.29, 1.82) is 5.26 Å². The molecule has 0 aliphatic carbocycles. The lowest BCUT2D eigenvalue weighted by Gasteiger charge is -2.10. The number of carbonyl (C=O) groups is 1. The molecular weight excluding hydrogens is 368 g/mol. The molecule has 0 bridgehead atoms. The third-order valence-electron chi connectivity index (χ3n) is 4.12. The maximum atomic E-state index is 12.6. The van der Waals surface area contributed by atoms with Crippen LogP contribution in [0.4, 0.5) is 5.69 Å². The van der Waals surface area contributed by atoms with E-state index in [0.717, 1.165) is 5.56 Å². The second-order valence-electron chi connectivity index (χ2n) is 6.08. The second-order valence-corrected chi connectivity index (χ2v) is 6.08. The smallest absolute Gasteiger partial charge is 0.255 e. The number of aromatic nitrogens is 4. The van der Waals surface area contributed by atoms with E-state index in [0.29, 0.717) is 40.6 Å². The van der Waals surface area contributed by atoms with Crippen LogP contribution < -0.4 is 5.32 Å². The Labute approximate surface area is 165 Å². The van der Waals surface area contributed by atoms with Crippen LogP contribution in [-0.2, 0) is 6.42 Å². The summed E-state index contributed by atoms with van der Waals surface area (Å²) in [6.07, 6.45) is 5.01. The summed E-state index contributed by atoms with van der Waals surface area (Å²) in [5.74, 6) is 0.432. The number of rotatable bonds is 5. The Balaban J connectivity index is 1.54. The van der Waals surface area contributed by atoms with Crippen LogP contribution in [0.5, 0.6) is 0 Å². The number of carbonyl (C=O) groups excluding carboxylic acids is 1. The molecular formula is C21H14N6O2. The first kappa shape index (κ1) is 18.0. The molecule has 0 aliphatic rings. The summed E-state index contributed by atoms with van der Waals surface area (Å²) in [5.41, 5.74) is 2.78. The van der Waals surface area contributed by atoms with Gasteiger partial charge in [0.1, 0.15) is 5.69 Å². The molecule has 0 atom stereocenters. The monoisotopic (exact) mass is 382 g/mol. The van der Waals surface area contributed by atoms with Crippen molar-refractivity contribution in [3.05, 3.63) is 89.7 Å². The van der Waals surface area contributed by atoms with Crippen LogP contribution in [0.15, 0.2) is 71.6 Å². The Morgan fingerprint density at radius 2 is 2.03 bits per heavy atom. The first-order valence-electron chi connectivity index (χ1n) is 8.71. The van der Waals surface area contributed by atoms with Gasteiger partial charge in [-0.1, -0.05) is 29.4 Å². The number of para-hydroxylation sites is 1. The molecule has 8 nitrogen and oxygen atoms in total. The van der Waals surface area contributed by atoms with Gasteiger partial charge in [-0.25, -0.2) is 4.98 Å². The van der Waals surface area contributed by atoms with Crippen molar-refractivity contribution >= 4 is 11.6 Å². The summed E-state index contributed by atoms with van der Waals surface area (Å²) >= 11 is 0. The molecule has 1 N–H and O–H groups in total. The first-order valence-corrected chi connectivity index (χ1v) is 8.71. The Kier molecular flexibility index (Phi) is 5.03. The van der Waals surface area contributed by atoms with Crippen LogP contribution >= 0.6 is 0 Å². The Bertz CT molecular complexity index is 1200. The fourth-order valence-electron chi connectivity index (χ4n) is 2.73. The van der Waals surface area contributed by atoms with Crippen LogP contribution in [0.3, 0.4) is 0 Å². The summed E-state index contributed by atoms with van der Waals surface area (Å²) in [5, 5.41) is 15.8. The van der Waals surface area contributed by atoms with Crippen molar-refractivity contribution in [3.8, 4) is 17.6 Å². The van der Waals surface area contributed by atoms with E-state index >= 15 is 0 Å². The number of hydrogen-bond donors (Lipinski definition) is 1. The number of nitrogens with zero attached hydrogens (tertiary/aromatic N) is 5. The van der Waals surface area contributed by atoms with Gasteiger partial charge >= 0.3 is 0 Å². The molecule has 1 amide bonds. The van der Waals surface area contributed by atoms with Gasteiger partial charge < -0.3 is 9.84 Å². The number of hydrogen-bond acceptors (Lipinski definition) is 7. The molecule has 0 unspecified atom stereocenters. The molecule has 2 heterocycles. The predicted molar refractivity (Wildman–Crippen MR) is 104 cm³/mol. The molecule has 140 valence electrons. The lowest BCUT2D eigenvalue weighted by molar-refractivity contribution is 0.102. The summed E-state index contributed by atoms with van der Waals surface area (Å²) in [7, 11) is 0. The van der Waals surface area contributed by atoms with Crippen molar-refractivity contribution in [1.82, 2.24) is 20.1 Å². The van der Waals surface area contributed by atoms with Gasteiger partial charge in [0.15, 0.2) is 0 Å². The highest BCUT2D eigenvalue weighted by molar-refractivity contribution is 6.04. The quantitative estimate of drug-likeness (QED) is 0.563. The maximum absolute atomic E-state index is 12.6. The van der Waals surface area contributed by atoms with Gasteiger partial charge in [0.05, 0.1) is 24.3 Å². The molecule has 29 heavy (non-hydrogen) atoms. The zero-order chi connectivity index (χ0) is 20.1. The lowest BCUT2D eigenvalue weighted by Crippen LogP contribution is -2.13. The van der Waals surface area contributed by atoms with Crippen molar-refractivity contribution in [3.63, 3.8) is 0 Å². The molecule has 2 aromatic heterocycles. The highest BCUT2D eigenvalue weighted by Crippen LogP contribution is 2.21. The van der Waals surface area contributed by atoms with Gasteiger partial charge in [0, 0.05) is 23.6 Å². The van der Waals surface area contributed by atoms with E-state index in [1.165, 1.54) is 0 Å². The van der Waals surface area contributed by atoms with E-state index < -0.39 is 0 Å². The number of anilines is 1. The van der Waals surface area contributed by atoms with E-state index in [-0.39, 0.29) is 5.91 Å². The largest absolute Gasteiger partial charge is 0.339 e. The van der Waals surface area contributed by atoms with Crippen molar-refractivity contribution in [2.24, 2.45) is 0 Å². The van der Waals surface area contributed by atoms with E-state index in [1.807, 2.05) is 24.3 Å². The average molecular weight is 382 g/mol. The SMILES string of the molecule is N#Cc1cccc(C(=O)Nc2ccccc2Cc2nc(-c3cnccn3)no2)c1. The van der Waals surface area contributed by atoms with E-state index in [4.69, 9.17) is 9.78 Å². The normalized spacial score (nSPS) is 10.3. The van der Waals surface area contributed by atoms with Gasteiger partial charge in [0.2, 0.25) is 11.7 Å². The molecule has 0 spiro atoms. The topological polar surface area (TPSA) is 118 Å². The van der Waals surface area contributed by atoms with Crippen LogP contribution in [0.25, 0.3) is 11.5 Å². The van der Waals surface area contributed by atoms with E-state index in [2.05, 4.69) is 25.4 Å². The van der Waals surface area contributed by atoms with Gasteiger partial charge in [-0.3, -0.25) is 9.78 Å². The number of benzene rings is 2. The van der Waals surface area contributed by atoms with Gasteiger partial charge in [-0.15, -0.1) is 0 Å². The fraction of sp³-hybridized carbons (Fsp3) is 0.0476. The van der Waals surface area contributed by atoms with Crippen LogP contribution in [0.1, 0.15) is 27.4 Å². The van der Waals surface area contributed by atoms with Crippen LogP contribution in [-0.4, -0.2) is 26.0 Å². The molecule has 2 aromatic carbocycles. The standard InChI is InChI=1S/C21H14N6O2/c22-12-14-4-3-6-16(10-14)21(28)25-17-7-2-1-5-15(17)11-19-26-20(27-29-19)18-13-23-8-9-24-18/h1-10,13H,11H2,(H,25,28). The summed E-state index contributed by atoms with van der Waals surface area (Å²) < 4.78 is 5.32. The van der Waals surface area contributed by atoms with E-state index in [9.17, 15) is 4.79 Å². The Morgan fingerprint density at radius 1 is 1.14 bits per heavy atom. The zero-order valence-corrected chi connectivity index (χ0v) is 15.1.